The summed E-state index contributed by atoms with van der Waals surface area (Å²) < 4.78 is 0. The zero-order valence-electron chi connectivity index (χ0n) is 13.9. The van der Waals surface area contributed by atoms with Crippen LogP contribution in [0.5, 0.6) is 0 Å². The van der Waals surface area contributed by atoms with E-state index in [1.54, 1.807) is 0 Å². The molecule has 1 aliphatic carbocycles. The number of hydrogen-bond donors (Lipinski definition) is 1. The van der Waals surface area contributed by atoms with Crippen molar-refractivity contribution in [1.82, 2.24) is 15.1 Å². The van der Waals surface area contributed by atoms with Crippen LogP contribution in [0.1, 0.15) is 41.8 Å². The van der Waals surface area contributed by atoms with Gasteiger partial charge in [-0.1, -0.05) is 25.3 Å². The molecule has 1 saturated heterocycles. The number of thiophene rings is 1. The second kappa shape index (κ2) is 9.39. The zero-order chi connectivity index (χ0) is 16.1. The summed E-state index contributed by atoms with van der Waals surface area (Å²) in [5, 5.41) is 5.09. The van der Waals surface area contributed by atoms with Crippen LogP contribution in [-0.2, 0) is 4.79 Å². The lowest BCUT2D eigenvalue weighted by atomic mass is 9.95. The number of rotatable bonds is 4. The summed E-state index contributed by atoms with van der Waals surface area (Å²) in [7, 11) is 0. The molecule has 24 heavy (non-hydrogen) atoms. The third-order valence-corrected chi connectivity index (χ3v) is 5.59. The number of carbonyl (C=O) groups is 2. The van der Waals surface area contributed by atoms with Gasteiger partial charge in [0.05, 0.1) is 11.4 Å². The average Bonchev–Trinajstić information content (AvgIpc) is 3.10. The molecular weight excluding hydrogens is 346 g/mol. The zero-order valence-corrected chi connectivity index (χ0v) is 15.5. The minimum Gasteiger partial charge on any atom is -1.00 e. The molecule has 1 saturated carbocycles. The molecule has 0 bridgehead atoms. The SMILES string of the molecule is O=C(CN1CCN(C(=O)c2cccs2)CC1)NC1CCCCC1.[Cl-]. The van der Waals surface area contributed by atoms with Gasteiger partial charge in [-0.3, -0.25) is 14.5 Å². The maximum atomic E-state index is 12.3. The number of nitrogens with zero attached hydrogens (tertiary/aromatic N) is 2. The van der Waals surface area contributed by atoms with Crippen molar-refractivity contribution in [2.45, 2.75) is 38.1 Å². The summed E-state index contributed by atoms with van der Waals surface area (Å²) in [5.74, 6) is 0.251. The van der Waals surface area contributed by atoms with E-state index in [0.29, 0.717) is 25.7 Å². The number of amides is 2. The van der Waals surface area contributed by atoms with Crippen LogP contribution in [0.3, 0.4) is 0 Å². The number of hydrogen-bond acceptors (Lipinski definition) is 4. The molecular formula is C17H25ClN3O2S-. The maximum absolute atomic E-state index is 12.3. The van der Waals surface area contributed by atoms with Crippen LogP contribution < -0.4 is 17.7 Å². The van der Waals surface area contributed by atoms with Crippen molar-refractivity contribution in [3.8, 4) is 0 Å². The summed E-state index contributed by atoms with van der Waals surface area (Å²) in [6.45, 7) is 3.41. The van der Waals surface area contributed by atoms with E-state index >= 15 is 0 Å². The third kappa shape index (κ3) is 5.19. The van der Waals surface area contributed by atoms with E-state index in [1.165, 1.54) is 30.6 Å². The molecule has 5 nitrogen and oxygen atoms in total. The highest BCUT2D eigenvalue weighted by Gasteiger charge is 2.24. The summed E-state index contributed by atoms with van der Waals surface area (Å²) in [4.78, 5) is 29.3. The smallest absolute Gasteiger partial charge is 0.264 e. The topological polar surface area (TPSA) is 52.7 Å². The van der Waals surface area contributed by atoms with E-state index < -0.39 is 0 Å². The maximum Gasteiger partial charge on any atom is 0.264 e. The molecule has 3 rings (SSSR count). The van der Waals surface area contributed by atoms with Gasteiger partial charge in [-0.25, -0.2) is 0 Å². The van der Waals surface area contributed by atoms with Crippen LogP contribution in [0.25, 0.3) is 0 Å². The van der Waals surface area contributed by atoms with Crippen molar-refractivity contribution >= 4 is 23.2 Å². The predicted molar refractivity (Wildman–Crippen MR) is 91.7 cm³/mol. The van der Waals surface area contributed by atoms with Crippen LogP contribution in [0.4, 0.5) is 0 Å². The minimum atomic E-state index is 0. The monoisotopic (exact) mass is 370 g/mol. The van der Waals surface area contributed by atoms with Gasteiger partial charge in [-0.15, -0.1) is 11.3 Å². The van der Waals surface area contributed by atoms with Crippen molar-refractivity contribution in [2.24, 2.45) is 0 Å². The second-order valence-corrected chi connectivity index (χ2v) is 7.40. The van der Waals surface area contributed by atoms with Gasteiger partial charge in [0, 0.05) is 32.2 Å². The first-order valence-corrected chi connectivity index (χ1v) is 9.45. The molecule has 0 unspecified atom stereocenters. The molecule has 1 aromatic heterocycles. The Kier molecular flexibility index (Phi) is 7.52. The normalized spacial score (nSPS) is 19.6. The Hall–Kier alpha value is -1.11. The Morgan fingerprint density at radius 2 is 1.83 bits per heavy atom. The van der Waals surface area contributed by atoms with Crippen molar-refractivity contribution in [3.63, 3.8) is 0 Å². The largest absolute Gasteiger partial charge is 1.00 e. The molecule has 2 heterocycles. The Bertz CT molecular complexity index is 524. The summed E-state index contributed by atoms with van der Waals surface area (Å²) in [6, 6.07) is 4.15. The van der Waals surface area contributed by atoms with Crippen molar-refractivity contribution in [1.29, 1.82) is 0 Å². The molecule has 0 atom stereocenters. The highest BCUT2D eigenvalue weighted by molar-refractivity contribution is 7.12. The van der Waals surface area contributed by atoms with Crippen LogP contribution in [0.2, 0.25) is 0 Å². The van der Waals surface area contributed by atoms with Crippen molar-refractivity contribution in [2.75, 3.05) is 32.7 Å². The number of halogens is 1. The molecule has 134 valence electrons. The van der Waals surface area contributed by atoms with Crippen LogP contribution >= 0.6 is 11.3 Å². The van der Waals surface area contributed by atoms with E-state index in [1.807, 2.05) is 22.4 Å². The highest BCUT2D eigenvalue weighted by Crippen LogP contribution is 2.17. The van der Waals surface area contributed by atoms with Crippen LogP contribution in [0.15, 0.2) is 17.5 Å². The Balaban J connectivity index is 0.00000208. The third-order valence-electron chi connectivity index (χ3n) is 4.73. The fraction of sp³-hybridized carbons (Fsp3) is 0.647. The van der Waals surface area contributed by atoms with Crippen molar-refractivity contribution < 1.29 is 22.0 Å². The first kappa shape index (κ1) is 19.2. The molecule has 2 amide bonds. The average molecular weight is 371 g/mol. The Labute approximate surface area is 153 Å². The molecule has 2 fully saturated rings. The molecule has 0 spiro atoms. The summed E-state index contributed by atoms with van der Waals surface area (Å²) in [5.41, 5.74) is 0. The first-order chi connectivity index (χ1) is 11.2. The van der Waals surface area contributed by atoms with Gasteiger partial charge in [0.2, 0.25) is 5.91 Å². The van der Waals surface area contributed by atoms with Gasteiger partial charge >= 0.3 is 0 Å². The van der Waals surface area contributed by atoms with E-state index in [0.717, 1.165) is 30.8 Å². The molecule has 1 N–H and O–H groups in total. The first-order valence-electron chi connectivity index (χ1n) is 8.57. The number of piperazine rings is 1. The fourth-order valence-corrected chi connectivity index (χ4v) is 4.08. The summed E-state index contributed by atoms with van der Waals surface area (Å²) >= 11 is 1.49. The van der Waals surface area contributed by atoms with E-state index in [-0.39, 0.29) is 24.2 Å². The lowest BCUT2D eigenvalue weighted by Gasteiger charge is -2.34. The van der Waals surface area contributed by atoms with Gasteiger partial charge in [0.1, 0.15) is 0 Å². The molecule has 0 aromatic carbocycles. The highest BCUT2D eigenvalue weighted by atomic mass is 35.5. The van der Waals surface area contributed by atoms with Gasteiger partial charge in [-0.05, 0) is 24.3 Å². The Morgan fingerprint density at radius 3 is 2.46 bits per heavy atom. The predicted octanol–water partition coefficient (Wildman–Crippen LogP) is -1.04. The lowest BCUT2D eigenvalue weighted by molar-refractivity contribution is -0.123. The van der Waals surface area contributed by atoms with Gasteiger partial charge in [0.25, 0.3) is 5.91 Å². The quantitative estimate of drug-likeness (QED) is 0.736. The molecule has 1 aliphatic heterocycles. The van der Waals surface area contributed by atoms with Crippen molar-refractivity contribution in [3.05, 3.63) is 22.4 Å². The molecule has 0 radical (unpaired) electrons. The van der Waals surface area contributed by atoms with E-state index in [4.69, 9.17) is 0 Å². The molecule has 7 heteroatoms. The summed E-state index contributed by atoms with van der Waals surface area (Å²) in [6.07, 6.45) is 6.00. The molecule has 2 aliphatic rings. The molecule has 1 aromatic rings. The fourth-order valence-electron chi connectivity index (χ4n) is 3.39. The minimum absolute atomic E-state index is 0. The van der Waals surface area contributed by atoms with E-state index in [9.17, 15) is 9.59 Å². The number of nitrogens with one attached hydrogen (secondary N) is 1. The van der Waals surface area contributed by atoms with Gasteiger partial charge in [-0.2, -0.15) is 0 Å². The number of carbonyl (C=O) groups excluding carboxylic acids is 2. The second-order valence-electron chi connectivity index (χ2n) is 6.45. The van der Waals surface area contributed by atoms with E-state index in [2.05, 4.69) is 10.2 Å². The Morgan fingerprint density at radius 1 is 1.12 bits per heavy atom. The van der Waals surface area contributed by atoms with Gasteiger partial charge in [0.15, 0.2) is 0 Å². The standard InChI is InChI=1S/C17H25N3O2S.ClH/c21-16(18-14-5-2-1-3-6-14)13-19-8-10-20(11-9-19)17(22)15-7-4-12-23-15;/h4,7,12,14H,1-3,5-6,8-11,13H2,(H,18,21);1H/p-1. The lowest BCUT2D eigenvalue weighted by Crippen LogP contribution is -3.00. The van der Waals surface area contributed by atoms with Crippen LogP contribution in [0, 0.1) is 0 Å². The van der Waals surface area contributed by atoms with Gasteiger partial charge < -0.3 is 22.6 Å². The van der Waals surface area contributed by atoms with Crippen LogP contribution in [-0.4, -0.2) is 60.4 Å².